The third-order valence-corrected chi connectivity index (χ3v) is 6.34. The fraction of sp³-hybridized carbons (Fsp3) is 0.182. The standard InChI is InChI=1S/C26H22F3N5O.C7H8/c1-16(31)24-33-34-25(35-24)21-12-17(11-20(13-21)22-10-6-5-9-19(22)14-30)15-32-23(26(27,28)29)18-7-3-2-4-8-18;1-7-5-3-2-4-6-7/h2-13,16,23,32H,15,31H2,1H3;2-6H,1H3/t16-,23?;/m0./s1. The first-order valence-electron chi connectivity index (χ1n) is 13.2. The number of hydrogen-bond acceptors (Lipinski definition) is 6. The number of aryl methyl sites for hydroxylation is 1. The Bertz CT molecular complexity index is 1630. The van der Waals surface area contributed by atoms with E-state index in [4.69, 9.17) is 10.2 Å². The first kappa shape index (κ1) is 30.2. The number of nitrogens with one attached hydrogen (secondary N) is 1. The molecule has 0 spiro atoms. The highest BCUT2D eigenvalue weighted by molar-refractivity contribution is 5.75. The van der Waals surface area contributed by atoms with Crippen LogP contribution < -0.4 is 11.1 Å². The zero-order valence-electron chi connectivity index (χ0n) is 23.1. The van der Waals surface area contributed by atoms with E-state index in [1.54, 1.807) is 67.6 Å². The Hall–Kier alpha value is -4.78. The first-order chi connectivity index (χ1) is 20.2. The summed E-state index contributed by atoms with van der Waals surface area (Å²) in [6.45, 7) is 3.69. The lowest BCUT2D eigenvalue weighted by Crippen LogP contribution is -2.33. The van der Waals surface area contributed by atoms with Gasteiger partial charge >= 0.3 is 6.18 Å². The van der Waals surface area contributed by atoms with Crippen LogP contribution in [0.25, 0.3) is 22.6 Å². The van der Waals surface area contributed by atoms with Gasteiger partial charge in [-0.1, -0.05) is 84.4 Å². The van der Waals surface area contributed by atoms with Crippen LogP contribution in [-0.4, -0.2) is 16.4 Å². The van der Waals surface area contributed by atoms with E-state index < -0.39 is 18.3 Å². The number of hydrogen-bond donors (Lipinski definition) is 2. The van der Waals surface area contributed by atoms with Crippen molar-refractivity contribution < 1.29 is 17.6 Å². The molecule has 0 fully saturated rings. The molecule has 1 heterocycles. The van der Waals surface area contributed by atoms with Crippen molar-refractivity contribution in [2.75, 3.05) is 0 Å². The average Bonchev–Trinajstić information content (AvgIpc) is 3.49. The second-order valence-electron chi connectivity index (χ2n) is 9.73. The molecule has 0 radical (unpaired) electrons. The molecule has 1 aromatic heterocycles. The summed E-state index contributed by atoms with van der Waals surface area (Å²) in [5.74, 6) is 0.425. The number of halogens is 3. The molecule has 6 nitrogen and oxygen atoms in total. The molecule has 0 saturated heterocycles. The van der Waals surface area contributed by atoms with Crippen molar-refractivity contribution in [3.05, 3.63) is 131 Å². The highest BCUT2D eigenvalue weighted by atomic mass is 19.4. The topological polar surface area (TPSA) is 101 Å². The number of nitrogens with zero attached hydrogens (tertiary/aromatic N) is 3. The SMILES string of the molecule is C[C@H](N)c1nnc(-c2cc(CNC(c3ccccc3)C(F)(F)F)cc(-c3ccccc3C#N)c2)o1.Cc1ccccc1. The fourth-order valence-electron chi connectivity index (χ4n) is 4.26. The Kier molecular flexibility index (Phi) is 9.86. The third-order valence-electron chi connectivity index (χ3n) is 6.34. The van der Waals surface area contributed by atoms with Gasteiger partial charge in [-0.25, -0.2) is 0 Å². The number of rotatable bonds is 7. The van der Waals surface area contributed by atoms with E-state index in [0.717, 1.165) is 0 Å². The molecule has 2 atom stereocenters. The van der Waals surface area contributed by atoms with E-state index in [0.29, 0.717) is 27.8 Å². The monoisotopic (exact) mass is 569 g/mol. The Morgan fingerprint density at radius 3 is 2.07 bits per heavy atom. The highest BCUT2D eigenvalue weighted by Gasteiger charge is 2.40. The number of benzene rings is 4. The third kappa shape index (κ3) is 7.91. The van der Waals surface area contributed by atoms with Crippen molar-refractivity contribution in [2.45, 2.75) is 38.7 Å². The minimum Gasteiger partial charge on any atom is -0.419 e. The lowest BCUT2D eigenvalue weighted by Gasteiger charge is -2.22. The second kappa shape index (κ2) is 13.7. The zero-order chi connectivity index (χ0) is 30.1. The summed E-state index contributed by atoms with van der Waals surface area (Å²) in [5, 5.41) is 20.2. The predicted octanol–water partition coefficient (Wildman–Crippen LogP) is 7.68. The van der Waals surface area contributed by atoms with E-state index in [1.165, 1.54) is 17.7 Å². The normalized spacial score (nSPS) is 12.5. The van der Waals surface area contributed by atoms with Gasteiger partial charge in [-0.15, -0.1) is 10.2 Å². The number of nitrogens with two attached hydrogens (primary N) is 1. The largest absolute Gasteiger partial charge is 0.419 e. The lowest BCUT2D eigenvalue weighted by atomic mass is 9.96. The molecule has 4 aromatic carbocycles. The number of nitriles is 1. The van der Waals surface area contributed by atoms with E-state index in [2.05, 4.69) is 40.6 Å². The molecule has 9 heteroatoms. The van der Waals surface area contributed by atoms with Gasteiger partial charge in [-0.2, -0.15) is 18.4 Å². The molecule has 5 rings (SSSR count). The summed E-state index contributed by atoms with van der Waals surface area (Å²) >= 11 is 0. The van der Waals surface area contributed by atoms with Gasteiger partial charge in [0.05, 0.1) is 17.7 Å². The number of aromatic nitrogens is 2. The van der Waals surface area contributed by atoms with Gasteiger partial charge < -0.3 is 10.2 Å². The molecule has 0 aliphatic carbocycles. The van der Waals surface area contributed by atoms with Crippen molar-refractivity contribution in [3.63, 3.8) is 0 Å². The summed E-state index contributed by atoms with van der Waals surface area (Å²) in [7, 11) is 0. The summed E-state index contributed by atoms with van der Waals surface area (Å²) in [6, 6.07) is 29.9. The van der Waals surface area contributed by atoms with E-state index in [-0.39, 0.29) is 23.9 Å². The summed E-state index contributed by atoms with van der Waals surface area (Å²) in [5.41, 5.74) is 10.0. The van der Waals surface area contributed by atoms with Crippen molar-refractivity contribution in [1.29, 1.82) is 5.26 Å². The minimum atomic E-state index is -4.49. The van der Waals surface area contributed by atoms with Crippen LogP contribution in [0.3, 0.4) is 0 Å². The maximum atomic E-state index is 13.8. The van der Waals surface area contributed by atoms with Crippen molar-refractivity contribution in [3.8, 4) is 28.7 Å². The van der Waals surface area contributed by atoms with Gasteiger partial charge in [0.2, 0.25) is 11.8 Å². The van der Waals surface area contributed by atoms with Crippen LogP contribution in [0.4, 0.5) is 13.2 Å². The maximum absolute atomic E-state index is 13.8. The van der Waals surface area contributed by atoms with Crippen LogP contribution in [0, 0.1) is 18.3 Å². The van der Waals surface area contributed by atoms with Crippen LogP contribution in [0.2, 0.25) is 0 Å². The molecular weight excluding hydrogens is 539 g/mol. The molecule has 1 unspecified atom stereocenters. The molecule has 0 aliphatic rings. The molecule has 5 aromatic rings. The molecule has 0 aliphatic heterocycles. The highest BCUT2D eigenvalue weighted by Crippen LogP contribution is 2.34. The van der Waals surface area contributed by atoms with Crippen molar-refractivity contribution >= 4 is 0 Å². The molecule has 0 saturated carbocycles. The summed E-state index contributed by atoms with van der Waals surface area (Å²) in [4.78, 5) is 0. The Balaban J connectivity index is 0.000000507. The van der Waals surface area contributed by atoms with Gasteiger partial charge in [-0.05, 0) is 60.4 Å². The average molecular weight is 570 g/mol. The fourth-order valence-corrected chi connectivity index (χ4v) is 4.26. The Morgan fingerprint density at radius 1 is 0.881 bits per heavy atom. The van der Waals surface area contributed by atoms with Gasteiger partial charge in [0.15, 0.2) is 0 Å². The maximum Gasteiger partial charge on any atom is 0.407 e. The van der Waals surface area contributed by atoms with Gasteiger partial charge in [0.25, 0.3) is 0 Å². The second-order valence-corrected chi connectivity index (χ2v) is 9.73. The number of alkyl halides is 3. The van der Waals surface area contributed by atoms with Crippen LogP contribution in [0.1, 0.15) is 47.2 Å². The van der Waals surface area contributed by atoms with Gasteiger partial charge in [0.1, 0.15) is 6.04 Å². The van der Waals surface area contributed by atoms with Crippen LogP contribution in [0.5, 0.6) is 0 Å². The van der Waals surface area contributed by atoms with Crippen LogP contribution in [-0.2, 0) is 6.54 Å². The zero-order valence-corrected chi connectivity index (χ0v) is 23.1. The van der Waals surface area contributed by atoms with Crippen LogP contribution in [0.15, 0.2) is 108 Å². The van der Waals surface area contributed by atoms with Crippen molar-refractivity contribution in [2.24, 2.45) is 5.73 Å². The van der Waals surface area contributed by atoms with Gasteiger partial charge in [-0.3, -0.25) is 5.32 Å². The van der Waals surface area contributed by atoms with Crippen molar-refractivity contribution in [1.82, 2.24) is 15.5 Å². The predicted molar refractivity (Wildman–Crippen MR) is 156 cm³/mol. The summed E-state index contributed by atoms with van der Waals surface area (Å²) < 4.78 is 47.2. The van der Waals surface area contributed by atoms with E-state index >= 15 is 0 Å². The van der Waals surface area contributed by atoms with E-state index in [9.17, 15) is 18.4 Å². The van der Waals surface area contributed by atoms with E-state index in [1.807, 2.05) is 18.2 Å². The summed E-state index contributed by atoms with van der Waals surface area (Å²) in [6.07, 6.45) is -4.49. The van der Waals surface area contributed by atoms with Gasteiger partial charge in [0, 0.05) is 12.1 Å². The molecule has 42 heavy (non-hydrogen) atoms. The Morgan fingerprint density at radius 2 is 1.50 bits per heavy atom. The molecule has 3 N–H and O–H groups in total. The Labute approximate surface area is 242 Å². The molecular formula is C33H30F3N5O. The minimum absolute atomic E-state index is 0.0943. The smallest absolute Gasteiger partial charge is 0.407 e. The molecule has 214 valence electrons. The lowest BCUT2D eigenvalue weighted by molar-refractivity contribution is -0.158. The first-order valence-corrected chi connectivity index (χ1v) is 13.2. The quantitative estimate of drug-likeness (QED) is 0.208. The van der Waals surface area contributed by atoms with Crippen LogP contribution >= 0.6 is 0 Å². The molecule has 0 amide bonds. The molecule has 0 bridgehead atoms.